The van der Waals surface area contributed by atoms with Gasteiger partial charge in [0, 0.05) is 48.9 Å². The molecule has 0 aromatic rings. The summed E-state index contributed by atoms with van der Waals surface area (Å²) in [5, 5.41) is 53.3. The summed E-state index contributed by atoms with van der Waals surface area (Å²) in [5.41, 5.74) is 0.705. The Morgan fingerprint density at radius 1 is 1.18 bits per heavy atom. The number of ether oxygens (including phenoxy) is 2. The zero-order valence-electron chi connectivity index (χ0n) is 19.2. The summed E-state index contributed by atoms with van der Waals surface area (Å²) >= 11 is 1.53. The van der Waals surface area contributed by atoms with E-state index >= 15 is 0 Å². The predicted octanol–water partition coefficient (Wildman–Crippen LogP) is -0.433. The van der Waals surface area contributed by atoms with E-state index in [9.17, 15) is 30.3 Å². The Bertz CT molecular complexity index is 662. The molecular formula is C22H38N2O8S. The quantitative estimate of drug-likeness (QED) is 0.167. The van der Waals surface area contributed by atoms with Gasteiger partial charge in [0.15, 0.2) is 6.29 Å². The monoisotopic (exact) mass is 490 g/mol. The molecule has 190 valence electrons. The van der Waals surface area contributed by atoms with E-state index in [1.165, 1.54) is 11.8 Å². The molecule has 1 aliphatic heterocycles. The number of allylic oxidation sites excluding steroid dienone is 1. The number of aliphatic hydroxyl groups excluding tert-OH is 5. The molecule has 1 amide bonds. The summed E-state index contributed by atoms with van der Waals surface area (Å²) in [4.78, 5) is 16.1. The SMILES string of the molecule is CC=N/C(=C\C)CC(=O)NCCSCC1CC(O)C(O)C(OC2C(CO)CCC(O)C2O)O1. The molecular weight excluding hydrogens is 452 g/mol. The first-order chi connectivity index (χ1) is 15.8. The molecule has 0 spiro atoms. The molecule has 33 heavy (non-hydrogen) atoms. The van der Waals surface area contributed by atoms with Crippen molar-refractivity contribution in [3.63, 3.8) is 0 Å². The van der Waals surface area contributed by atoms with E-state index < -0.39 is 48.8 Å². The first-order valence-corrected chi connectivity index (χ1v) is 12.6. The van der Waals surface area contributed by atoms with Gasteiger partial charge in [-0.25, -0.2) is 0 Å². The Morgan fingerprint density at radius 2 is 1.94 bits per heavy atom. The normalized spacial score (nSPS) is 35.7. The summed E-state index contributed by atoms with van der Waals surface area (Å²) in [7, 11) is 0. The average Bonchev–Trinajstić information content (AvgIpc) is 2.79. The summed E-state index contributed by atoms with van der Waals surface area (Å²) in [6, 6.07) is 0. The van der Waals surface area contributed by atoms with Crippen molar-refractivity contribution in [2.75, 3.05) is 24.7 Å². The van der Waals surface area contributed by atoms with Gasteiger partial charge in [-0.2, -0.15) is 11.8 Å². The van der Waals surface area contributed by atoms with Gasteiger partial charge < -0.3 is 40.3 Å². The van der Waals surface area contributed by atoms with Gasteiger partial charge in [-0.1, -0.05) is 6.08 Å². The van der Waals surface area contributed by atoms with Gasteiger partial charge in [-0.3, -0.25) is 9.79 Å². The van der Waals surface area contributed by atoms with E-state index in [-0.39, 0.29) is 25.4 Å². The van der Waals surface area contributed by atoms with Crippen LogP contribution in [0.4, 0.5) is 0 Å². The maximum Gasteiger partial charge on any atom is 0.226 e. The Labute approximate surface area is 199 Å². The third-order valence-corrected chi connectivity index (χ3v) is 7.00. The maximum absolute atomic E-state index is 12.0. The van der Waals surface area contributed by atoms with Crippen molar-refractivity contribution >= 4 is 23.9 Å². The molecule has 2 aliphatic rings. The lowest BCUT2D eigenvalue weighted by Crippen LogP contribution is -2.56. The molecule has 0 aromatic carbocycles. The zero-order valence-corrected chi connectivity index (χ0v) is 20.1. The lowest BCUT2D eigenvalue weighted by molar-refractivity contribution is -0.300. The Balaban J connectivity index is 1.78. The van der Waals surface area contributed by atoms with Crippen molar-refractivity contribution in [1.82, 2.24) is 5.32 Å². The number of rotatable bonds is 11. The fourth-order valence-electron chi connectivity index (χ4n) is 3.99. The average molecular weight is 491 g/mol. The van der Waals surface area contributed by atoms with Crippen LogP contribution in [0.15, 0.2) is 16.8 Å². The van der Waals surface area contributed by atoms with Crippen LogP contribution in [0.3, 0.4) is 0 Å². The molecule has 1 saturated heterocycles. The fourth-order valence-corrected chi connectivity index (χ4v) is 4.88. The number of thioether (sulfide) groups is 1. The number of carbonyl (C=O) groups excluding carboxylic acids is 1. The zero-order chi connectivity index (χ0) is 24.4. The number of amides is 1. The highest BCUT2D eigenvalue weighted by atomic mass is 32.2. The van der Waals surface area contributed by atoms with Crippen molar-refractivity contribution in [2.45, 2.75) is 82.4 Å². The molecule has 0 aromatic heterocycles. The first-order valence-electron chi connectivity index (χ1n) is 11.4. The maximum atomic E-state index is 12.0. The minimum Gasteiger partial charge on any atom is -0.396 e. The van der Waals surface area contributed by atoms with E-state index in [0.717, 1.165) is 0 Å². The van der Waals surface area contributed by atoms with Crippen LogP contribution in [-0.2, 0) is 14.3 Å². The number of hydrogen-bond donors (Lipinski definition) is 6. The van der Waals surface area contributed by atoms with Gasteiger partial charge >= 0.3 is 0 Å². The second-order valence-electron chi connectivity index (χ2n) is 8.37. The molecule has 0 radical (unpaired) electrons. The van der Waals surface area contributed by atoms with E-state index in [0.29, 0.717) is 36.6 Å². The highest BCUT2D eigenvalue weighted by molar-refractivity contribution is 7.99. The molecule has 0 bridgehead atoms. The van der Waals surface area contributed by atoms with Crippen molar-refractivity contribution in [3.8, 4) is 0 Å². The third-order valence-electron chi connectivity index (χ3n) is 5.90. The predicted molar refractivity (Wildman–Crippen MR) is 125 cm³/mol. The van der Waals surface area contributed by atoms with Crippen molar-refractivity contribution < 1.29 is 39.8 Å². The second kappa shape index (κ2) is 14.4. The summed E-state index contributed by atoms with van der Waals surface area (Å²) in [6.45, 7) is 3.87. The molecule has 6 N–H and O–H groups in total. The van der Waals surface area contributed by atoms with Gasteiger partial charge in [0.25, 0.3) is 0 Å². The van der Waals surface area contributed by atoms with Crippen LogP contribution in [0.5, 0.6) is 0 Å². The smallest absolute Gasteiger partial charge is 0.226 e. The second-order valence-corrected chi connectivity index (χ2v) is 9.52. The van der Waals surface area contributed by atoms with Gasteiger partial charge in [0.1, 0.15) is 12.2 Å². The summed E-state index contributed by atoms with van der Waals surface area (Å²) in [6.07, 6.45) is -2.37. The van der Waals surface area contributed by atoms with Gasteiger partial charge in [-0.15, -0.1) is 0 Å². The van der Waals surface area contributed by atoms with Gasteiger partial charge in [0.05, 0.1) is 30.8 Å². The van der Waals surface area contributed by atoms with E-state index in [2.05, 4.69) is 10.3 Å². The van der Waals surface area contributed by atoms with Crippen LogP contribution in [0.2, 0.25) is 0 Å². The van der Waals surface area contributed by atoms with Crippen LogP contribution < -0.4 is 5.32 Å². The van der Waals surface area contributed by atoms with Crippen LogP contribution in [0.1, 0.15) is 39.5 Å². The number of hydrogen-bond acceptors (Lipinski definition) is 10. The molecule has 1 heterocycles. The van der Waals surface area contributed by atoms with Crippen LogP contribution >= 0.6 is 11.8 Å². The minimum atomic E-state index is -1.30. The van der Waals surface area contributed by atoms with Crippen molar-refractivity contribution in [1.29, 1.82) is 0 Å². The number of carbonyl (C=O) groups is 1. The number of nitrogens with zero attached hydrogens (tertiary/aromatic N) is 1. The highest BCUT2D eigenvalue weighted by Crippen LogP contribution is 2.32. The van der Waals surface area contributed by atoms with E-state index in [4.69, 9.17) is 9.47 Å². The molecule has 10 nitrogen and oxygen atoms in total. The van der Waals surface area contributed by atoms with Crippen LogP contribution in [-0.4, -0.2) is 105 Å². The summed E-state index contributed by atoms with van der Waals surface area (Å²) < 4.78 is 11.6. The molecule has 1 aliphatic carbocycles. The largest absolute Gasteiger partial charge is 0.396 e. The molecule has 8 unspecified atom stereocenters. The first kappa shape index (κ1) is 28.2. The molecule has 11 heteroatoms. The number of aliphatic hydroxyl groups is 5. The Morgan fingerprint density at radius 3 is 2.61 bits per heavy atom. The fraction of sp³-hybridized carbons (Fsp3) is 0.818. The van der Waals surface area contributed by atoms with Crippen molar-refractivity contribution in [3.05, 3.63) is 11.8 Å². The third kappa shape index (κ3) is 8.59. The van der Waals surface area contributed by atoms with Gasteiger partial charge in [-0.05, 0) is 26.7 Å². The van der Waals surface area contributed by atoms with Crippen LogP contribution in [0, 0.1) is 5.92 Å². The molecule has 2 fully saturated rings. The van der Waals surface area contributed by atoms with Gasteiger partial charge in [0.2, 0.25) is 5.91 Å². The lowest BCUT2D eigenvalue weighted by Gasteiger charge is -2.43. The minimum absolute atomic E-state index is 0.109. The highest BCUT2D eigenvalue weighted by Gasteiger charge is 2.44. The number of nitrogens with one attached hydrogen (secondary N) is 1. The summed E-state index contributed by atoms with van der Waals surface area (Å²) in [5.74, 6) is 0.639. The standard InChI is InChI=1S/C22H38N2O8S/c1-3-14(23-4-2)9-18(28)24-7-8-33-12-15-10-17(27)20(30)22(31-15)32-21-13(11-25)5-6-16(26)19(21)29/h3-4,13,15-17,19-22,25-27,29-30H,5-12H2,1-2H3,(H,24,28)/b14-3-,23-4?. The number of aliphatic imine (C=N–C) groups is 1. The van der Waals surface area contributed by atoms with E-state index in [1.807, 2.05) is 6.92 Å². The molecule has 8 atom stereocenters. The Kier molecular flexibility index (Phi) is 12.3. The van der Waals surface area contributed by atoms with Crippen LogP contribution in [0.25, 0.3) is 0 Å². The Hall–Kier alpha value is -1.05. The molecule has 1 saturated carbocycles. The van der Waals surface area contributed by atoms with Crippen molar-refractivity contribution in [2.24, 2.45) is 10.9 Å². The molecule has 2 rings (SSSR count). The topological polar surface area (TPSA) is 161 Å². The van der Waals surface area contributed by atoms with E-state index in [1.54, 1.807) is 19.2 Å². The lowest BCUT2D eigenvalue weighted by atomic mass is 9.83.